The van der Waals surface area contributed by atoms with E-state index in [4.69, 9.17) is 4.74 Å². The van der Waals surface area contributed by atoms with E-state index in [1.54, 1.807) is 11.6 Å². The lowest BCUT2D eigenvalue weighted by Gasteiger charge is -2.07. The van der Waals surface area contributed by atoms with Gasteiger partial charge < -0.3 is 10.1 Å². The molecule has 0 saturated carbocycles. The third-order valence-corrected chi connectivity index (χ3v) is 3.53. The molecule has 0 bridgehead atoms. The summed E-state index contributed by atoms with van der Waals surface area (Å²) in [6.07, 6.45) is 2.71. The number of methoxy groups -OCH3 is 1. The van der Waals surface area contributed by atoms with Crippen LogP contribution in [0.2, 0.25) is 0 Å². The predicted molar refractivity (Wildman–Crippen MR) is 92.5 cm³/mol. The molecule has 0 aliphatic carbocycles. The van der Waals surface area contributed by atoms with Crippen molar-refractivity contribution in [1.82, 2.24) is 14.6 Å². The van der Waals surface area contributed by atoms with Gasteiger partial charge in [-0.2, -0.15) is 4.98 Å². The average molecular weight is 325 g/mol. The topological polar surface area (TPSA) is 80.5 Å². The van der Waals surface area contributed by atoms with Gasteiger partial charge in [-0.25, -0.2) is 4.52 Å². The van der Waals surface area contributed by atoms with Crippen molar-refractivity contribution < 1.29 is 9.53 Å². The summed E-state index contributed by atoms with van der Waals surface area (Å²) >= 11 is 0. The first-order valence-corrected chi connectivity index (χ1v) is 7.65. The van der Waals surface area contributed by atoms with Gasteiger partial charge in [0.2, 0.25) is 11.9 Å². The first kappa shape index (κ1) is 15.8. The highest BCUT2D eigenvalue weighted by Crippen LogP contribution is 2.14. The Kier molecular flexibility index (Phi) is 4.60. The van der Waals surface area contributed by atoms with Gasteiger partial charge in [0.15, 0.2) is 5.65 Å². The number of pyridine rings is 1. The standard InChI is InChI=1S/C17H19N5O2/c1-12(23)19-17-20-16-11-14(8-10-22(16)21-17)18-9-7-13-3-5-15(24-2)6-4-13/h3-6,8,10-11,18H,7,9H2,1-2H3,(H,19,21,23). The highest BCUT2D eigenvalue weighted by molar-refractivity contribution is 5.86. The zero-order chi connectivity index (χ0) is 16.9. The molecule has 7 nitrogen and oxygen atoms in total. The summed E-state index contributed by atoms with van der Waals surface area (Å²) < 4.78 is 6.78. The minimum absolute atomic E-state index is 0.191. The Morgan fingerprint density at radius 3 is 2.75 bits per heavy atom. The highest BCUT2D eigenvalue weighted by Gasteiger charge is 2.05. The van der Waals surface area contributed by atoms with Crippen LogP contribution in [0.4, 0.5) is 11.6 Å². The van der Waals surface area contributed by atoms with Crippen molar-refractivity contribution >= 4 is 23.2 Å². The molecule has 2 N–H and O–H groups in total. The first-order chi connectivity index (χ1) is 11.6. The van der Waals surface area contributed by atoms with E-state index in [0.29, 0.717) is 11.6 Å². The number of carbonyl (C=O) groups excluding carboxylic acids is 1. The number of aromatic nitrogens is 3. The lowest BCUT2D eigenvalue weighted by atomic mass is 10.1. The van der Waals surface area contributed by atoms with Gasteiger partial charge in [-0.15, -0.1) is 5.10 Å². The number of anilines is 2. The molecule has 3 aromatic rings. The van der Waals surface area contributed by atoms with Crippen LogP contribution in [-0.2, 0) is 11.2 Å². The predicted octanol–water partition coefficient (Wildman–Crippen LogP) is 2.35. The molecule has 3 rings (SSSR count). The molecule has 1 aromatic carbocycles. The molecule has 2 heterocycles. The number of hydrogen-bond donors (Lipinski definition) is 2. The van der Waals surface area contributed by atoms with Gasteiger partial charge in [0.05, 0.1) is 7.11 Å². The second kappa shape index (κ2) is 6.99. The monoisotopic (exact) mass is 325 g/mol. The Hall–Kier alpha value is -3.09. The van der Waals surface area contributed by atoms with Crippen LogP contribution < -0.4 is 15.4 Å². The van der Waals surface area contributed by atoms with Crippen LogP contribution in [0.1, 0.15) is 12.5 Å². The molecular weight excluding hydrogens is 306 g/mol. The van der Waals surface area contributed by atoms with Gasteiger partial charge in [-0.05, 0) is 30.2 Å². The van der Waals surface area contributed by atoms with E-state index in [2.05, 4.69) is 32.8 Å². The molecule has 0 fully saturated rings. The van der Waals surface area contributed by atoms with Crippen molar-refractivity contribution in [2.45, 2.75) is 13.3 Å². The number of benzene rings is 1. The molecule has 0 spiro atoms. The lowest BCUT2D eigenvalue weighted by Crippen LogP contribution is -2.07. The molecule has 124 valence electrons. The van der Waals surface area contributed by atoms with E-state index in [1.165, 1.54) is 12.5 Å². The van der Waals surface area contributed by atoms with E-state index in [-0.39, 0.29) is 5.91 Å². The van der Waals surface area contributed by atoms with Gasteiger partial charge in [0.1, 0.15) is 5.75 Å². The molecule has 0 aliphatic heterocycles. The number of ether oxygens (including phenoxy) is 1. The fraction of sp³-hybridized carbons (Fsp3) is 0.235. The third kappa shape index (κ3) is 3.81. The van der Waals surface area contributed by atoms with E-state index in [0.717, 1.165) is 24.4 Å². The lowest BCUT2D eigenvalue weighted by molar-refractivity contribution is -0.114. The number of amides is 1. The van der Waals surface area contributed by atoms with Gasteiger partial charge >= 0.3 is 0 Å². The Bertz CT molecular complexity index is 842. The largest absolute Gasteiger partial charge is 0.497 e. The summed E-state index contributed by atoms with van der Waals surface area (Å²) in [4.78, 5) is 15.3. The summed E-state index contributed by atoms with van der Waals surface area (Å²) in [5, 5.41) is 10.1. The van der Waals surface area contributed by atoms with Gasteiger partial charge in [-0.1, -0.05) is 12.1 Å². The Labute approximate surface area is 139 Å². The maximum atomic E-state index is 11.1. The number of nitrogens with one attached hydrogen (secondary N) is 2. The number of hydrogen-bond acceptors (Lipinski definition) is 5. The molecule has 24 heavy (non-hydrogen) atoms. The molecule has 1 amide bonds. The SMILES string of the molecule is COc1ccc(CCNc2ccn3nc(NC(C)=O)nc3c2)cc1. The summed E-state index contributed by atoms with van der Waals surface area (Å²) in [6.45, 7) is 2.23. The van der Waals surface area contributed by atoms with Gasteiger partial charge in [0.25, 0.3) is 0 Å². The Morgan fingerprint density at radius 2 is 2.04 bits per heavy atom. The summed E-state index contributed by atoms with van der Waals surface area (Å²) in [5.41, 5.74) is 2.87. The van der Waals surface area contributed by atoms with E-state index in [9.17, 15) is 4.79 Å². The molecule has 2 aromatic heterocycles. The fourth-order valence-electron chi connectivity index (χ4n) is 2.35. The minimum Gasteiger partial charge on any atom is -0.497 e. The maximum Gasteiger partial charge on any atom is 0.249 e. The molecule has 7 heteroatoms. The van der Waals surface area contributed by atoms with Crippen molar-refractivity contribution in [3.05, 3.63) is 48.2 Å². The van der Waals surface area contributed by atoms with E-state index >= 15 is 0 Å². The Balaban J connectivity index is 1.61. The maximum absolute atomic E-state index is 11.1. The van der Waals surface area contributed by atoms with Crippen molar-refractivity contribution in [2.75, 3.05) is 24.3 Å². The minimum atomic E-state index is -0.191. The van der Waals surface area contributed by atoms with Crippen LogP contribution in [-0.4, -0.2) is 34.2 Å². The fourth-order valence-corrected chi connectivity index (χ4v) is 2.35. The third-order valence-electron chi connectivity index (χ3n) is 3.53. The molecule has 0 radical (unpaired) electrons. The van der Waals surface area contributed by atoms with Crippen LogP contribution in [0.3, 0.4) is 0 Å². The Morgan fingerprint density at radius 1 is 1.25 bits per heavy atom. The number of rotatable bonds is 6. The zero-order valence-electron chi connectivity index (χ0n) is 13.6. The van der Waals surface area contributed by atoms with Crippen molar-refractivity contribution in [2.24, 2.45) is 0 Å². The summed E-state index contributed by atoms with van der Waals surface area (Å²) in [5.74, 6) is 0.973. The van der Waals surface area contributed by atoms with Crippen LogP contribution in [0.15, 0.2) is 42.6 Å². The second-order valence-corrected chi connectivity index (χ2v) is 5.36. The van der Waals surface area contributed by atoms with E-state index < -0.39 is 0 Å². The second-order valence-electron chi connectivity index (χ2n) is 5.36. The van der Waals surface area contributed by atoms with Crippen molar-refractivity contribution in [3.8, 4) is 5.75 Å². The average Bonchev–Trinajstić information content (AvgIpc) is 2.96. The molecular formula is C17H19N5O2. The quantitative estimate of drug-likeness (QED) is 0.727. The molecule has 0 saturated heterocycles. The molecule has 0 unspecified atom stereocenters. The summed E-state index contributed by atoms with van der Waals surface area (Å²) in [7, 11) is 1.66. The van der Waals surface area contributed by atoms with Gasteiger partial charge in [-0.3, -0.25) is 10.1 Å². The first-order valence-electron chi connectivity index (χ1n) is 7.65. The smallest absolute Gasteiger partial charge is 0.249 e. The molecule has 0 aliphatic rings. The number of nitrogens with zero attached hydrogens (tertiary/aromatic N) is 3. The van der Waals surface area contributed by atoms with Crippen LogP contribution >= 0.6 is 0 Å². The van der Waals surface area contributed by atoms with Crippen molar-refractivity contribution in [1.29, 1.82) is 0 Å². The zero-order valence-corrected chi connectivity index (χ0v) is 13.6. The normalized spacial score (nSPS) is 10.6. The van der Waals surface area contributed by atoms with Crippen LogP contribution in [0, 0.1) is 0 Å². The van der Waals surface area contributed by atoms with Crippen molar-refractivity contribution in [3.63, 3.8) is 0 Å². The highest BCUT2D eigenvalue weighted by atomic mass is 16.5. The van der Waals surface area contributed by atoms with Crippen LogP contribution in [0.25, 0.3) is 5.65 Å². The number of fused-ring (bicyclic) bond motifs is 1. The van der Waals surface area contributed by atoms with E-state index in [1.807, 2.05) is 30.5 Å². The van der Waals surface area contributed by atoms with Crippen LogP contribution in [0.5, 0.6) is 5.75 Å². The summed E-state index contributed by atoms with van der Waals surface area (Å²) in [6, 6.07) is 11.9. The van der Waals surface area contributed by atoms with Gasteiger partial charge in [0, 0.05) is 31.4 Å². The molecule has 0 atom stereocenters. The number of carbonyl (C=O) groups is 1.